The molecule has 0 aliphatic rings. The molecule has 0 saturated heterocycles. The number of benzene rings is 1. The van der Waals surface area contributed by atoms with Crippen molar-refractivity contribution >= 4 is 5.97 Å². The van der Waals surface area contributed by atoms with E-state index in [9.17, 15) is 4.79 Å². The molecule has 0 unspecified atom stereocenters. The van der Waals surface area contributed by atoms with Crippen LogP contribution in [-0.2, 0) is 20.7 Å². The summed E-state index contributed by atoms with van der Waals surface area (Å²) >= 11 is 0. The summed E-state index contributed by atoms with van der Waals surface area (Å²) in [5, 5.41) is 11.9. The molecule has 0 fully saturated rings. The van der Waals surface area contributed by atoms with E-state index in [0.717, 1.165) is 37.1 Å². The van der Waals surface area contributed by atoms with Crippen molar-refractivity contribution in [1.29, 1.82) is 0 Å². The molecule has 1 rings (SSSR count). The van der Waals surface area contributed by atoms with Crippen LogP contribution in [-0.4, -0.2) is 64.8 Å². The number of carbonyl (C=O) groups is 1. The van der Waals surface area contributed by atoms with Crippen molar-refractivity contribution in [2.45, 2.75) is 32.1 Å². The normalized spacial score (nSPS) is 10.6. The average molecular weight is 383 g/mol. The van der Waals surface area contributed by atoms with E-state index in [1.165, 1.54) is 7.11 Å². The van der Waals surface area contributed by atoms with Crippen LogP contribution in [0.4, 0.5) is 0 Å². The number of unbranched alkanes of at least 4 members (excludes halogenated alkanes) is 2. The van der Waals surface area contributed by atoms with E-state index in [4.69, 9.17) is 24.1 Å². The van der Waals surface area contributed by atoms with Gasteiger partial charge in [0, 0.05) is 25.1 Å². The fourth-order valence-electron chi connectivity index (χ4n) is 2.45. The number of aliphatic hydroxyl groups excluding tert-OH is 1. The van der Waals surface area contributed by atoms with Gasteiger partial charge in [-0.15, -0.1) is 0 Å². The van der Waals surface area contributed by atoms with Crippen LogP contribution in [0.15, 0.2) is 18.2 Å². The Morgan fingerprint density at radius 1 is 1.04 bits per heavy atom. The van der Waals surface area contributed by atoms with Gasteiger partial charge in [-0.2, -0.15) is 0 Å². The molecule has 7 nitrogen and oxygen atoms in total. The minimum Gasteiger partial charge on any atom is -0.493 e. The van der Waals surface area contributed by atoms with Crippen LogP contribution in [0.25, 0.3) is 0 Å². The number of likely N-dealkylation sites (N-methyl/N-ethyl adjacent to an activating group) is 1. The lowest BCUT2D eigenvalue weighted by atomic mass is 10.1. The predicted octanol–water partition coefficient (Wildman–Crippen LogP) is 1.95. The minimum absolute atomic E-state index is 0.199. The van der Waals surface area contributed by atoms with Crippen molar-refractivity contribution < 1.29 is 28.8 Å². The largest absolute Gasteiger partial charge is 0.493 e. The Bertz CT molecular complexity index is 523. The van der Waals surface area contributed by atoms with E-state index >= 15 is 0 Å². The second-order valence-electron chi connectivity index (χ2n) is 6.01. The Kier molecular flexibility index (Phi) is 13.1. The standard InChI is InChI=1S/C20H33NO6/c1-21-11-14-25-15-16-27-19-8-6-7-18(26-13-5-3-4-12-22)17(19)9-10-20(23)24-2/h6-8,21-22H,3-5,9-16H2,1-2H3. The van der Waals surface area contributed by atoms with Crippen molar-refractivity contribution in [3.8, 4) is 11.5 Å². The second kappa shape index (κ2) is 15.2. The minimum atomic E-state index is -0.269. The van der Waals surface area contributed by atoms with Gasteiger partial charge in [-0.3, -0.25) is 4.79 Å². The quantitative estimate of drug-likeness (QED) is 0.333. The first kappa shape index (κ1) is 23.2. The van der Waals surface area contributed by atoms with E-state index in [1.54, 1.807) is 0 Å². The number of methoxy groups -OCH3 is 1. The molecule has 0 saturated carbocycles. The number of hydrogen-bond donors (Lipinski definition) is 2. The first-order valence-corrected chi connectivity index (χ1v) is 9.50. The lowest BCUT2D eigenvalue weighted by molar-refractivity contribution is -0.140. The molecule has 0 bridgehead atoms. The van der Waals surface area contributed by atoms with Crippen LogP contribution in [0, 0.1) is 0 Å². The van der Waals surface area contributed by atoms with Gasteiger partial charge in [-0.25, -0.2) is 0 Å². The van der Waals surface area contributed by atoms with Crippen LogP contribution in [0.1, 0.15) is 31.2 Å². The third-order valence-corrected chi connectivity index (χ3v) is 3.94. The molecule has 7 heteroatoms. The van der Waals surface area contributed by atoms with E-state index < -0.39 is 0 Å². The van der Waals surface area contributed by atoms with Crippen molar-refractivity contribution in [3.05, 3.63) is 23.8 Å². The zero-order valence-corrected chi connectivity index (χ0v) is 16.5. The zero-order chi connectivity index (χ0) is 19.7. The highest BCUT2D eigenvalue weighted by atomic mass is 16.5. The van der Waals surface area contributed by atoms with Crippen molar-refractivity contribution in [2.75, 3.05) is 53.7 Å². The van der Waals surface area contributed by atoms with E-state index in [2.05, 4.69) is 5.32 Å². The lowest BCUT2D eigenvalue weighted by Gasteiger charge is -2.16. The Hall–Kier alpha value is -1.83. The van der Waals surface area contributed by atoms with Crippen LogP contribution in [0.5, 0.6) is 11.5 Å². The van der Waals surface area contributed by atoms with Crippen LogP contribution < -0.4 is 14.8 Å². The molecule has 0 radical (unpaired) electrons. The maximum absolute atomic E-state index is 11.5. The molecule has 1 aromatic rings. The molecule has 2 N–H and O–H groups in total. The number of nitrogens with one attached hydrogen (secondary N) is 1. The molecule has 0 amide bonds. The monoisotopic (exact) mass is 383 g/mol. The molecule has 0 heterocycles. The molecule has 1 aromatic carbocycles. The highest BCUT2D eigenvalue weighted by Crippen LogP contribution is 2.30. The number of aliphatic hydroxyl groups is 1. The number of ether oxygens (including phenoxy) is 4. The smallest absolute Gasteiger partial charge is 0.305 e. The molecule has 0 aromatic heterocycles. The van der Waals surface area contributed by atoms with Crippen LogP contribution >= 0.6 is 0 Å². The third kappa shape index (κ3) is 10.2. The molecular weight excluding hydrogens is 350 g/mol. The number of esters is 1. The fraction of sp³-hybridized carbons (Fsp3) is 0.650. The topological polar surface area (TPSA) is 86.3 Å². The highest BCUT2D eigenvalue weighted by Gasteiger charge is 2.13. The van der Waals surface area contributed by atoms with Gasteiger partial charge >= 0.3 is 5.97 Å². The summed E-state index contributed by atoms with van der Waals surface area (Å²) in [5.74, 6) is 1.15. The summed E-state index contributed by atoms with van der Waals surface area (Å²) < 4.78 is 22.0. The van der Waals surface area contributed by atoms with Gasteiger partial charge < -0.3 is 29.4 Å². The van der Waals surface area contributed by atoms with Gasteiger partial charge in [0.15, 0.2) is 0 Å². The summed E-state index contributed by atoms with van der Waals surface area (Å²) in [6, 6.07) is 5.63. The highest BCUT2D eigenvalue weighted by molar-refractivity contribution is 5.70. The Morgan fingerprint density at radius 3 is 2.44 bits per heavy atom. The van der Waals surface area contributed by atoms with Gasteiger partial charge in [0.05, 0.1) is 26.9 Å². The van der Waals surface area contributed by atoms with Crippen LogP contribution in [0.3, 0.4) is 0 Å². The molecule has 27 heavy (non-hydrogen) atoms. The Morgan fingerprint density at radius 2 is 1.78 bits per heavy atom. The van der Waals surface area contributed by atoms with E-state index in [0.29, 0.717) is 38.6 Å². The second-order valence-corrected chi connectivity index (χ2v) is 6.01. The maximum Gasteiger partial charge on any atom is 0.305 e. The molecular formula is C20H33NO6. The van der Waals surface area contributed by atoms with Gasteiger partial charge in [0.2, 0.25) is 0 Å². The fourth-order valence-corrected chi connectivity index (χ4v) is 2.45. The third-order valence-electron chi connectivity index (χ3n) is 3.94. The summed E-state index contributed by atoms with van der Waals surface area (Å²) in [7, 11) is 3.26. The van der Waals surface area contributed by atoms with Gasteiger partial charge in [0.25, 0.3) is 0 Å². The number of carbonyl (C=O) groups excluding carboxylic acids is 1. The average Bonchev–Trinajstić information content (AvgIpc) is 2.69. The predicted molar refractivity (Wildman–Crippen MR) is 103 cm³/mol. The van der Waals surface area contributed by atoms with Crippen molar-refractivity contribution in [3.63, 3.8) is 0 Å². The van der Waals surface area contributed by atoms with E-state index in [-0.39, 0.29) is 19.0 Å². The SMILES string of the molecule is CNCCOCCOc1cccc(OCCCCCO)c1CCC(=O)OC. The summed E-state index contributed by atoms with van der Waals surface area (Å²) in [5.41, 5.74) is 0.861. The number of hydrogen-bond acceptors (Lipinski definition) is 7. The summed E-state index contributed by atoms with van der Waals surface area (Å²) in [6.45, 7) is 3.10. The lowest BCUT2D eigenvalue weighted by Crippen LogP contribution is -2.17. The Labute approximate surface area is 162 Å². The van der Waals surface area contributed by atoms with E-state index in [1.807, 2.05) is 25.2 Å². The number of rotatable bonds is 16. The Balaban J connectivity index is 2.65. The van der Waals surface area contributed by atoms with Crippen molar-refractivity contribution in [2.24, 2.45) is 0 Å². The molecule has 0 aliphatic heterocycles. The van der Waals surface area contributed by atoms with Gasteiger partial charge in [-0.05, 0) is 44.9 Å². The van der Waals surface area contributed by atoms with Crippen LogP contribution in [0.2, 0.25) is 0 Å². The maximum atomic E-state index is 11.5. The summed E-state index contributed by atoms with van der Waals surface area (Å²) in [6.07, 6.45) is 3.29. The van der Waals surface area contributed by atoms with Gasteiger partial charge in [-0.1, -0.05) is 6.07 Å². The molecule has 0 aliphatic carbocycles. The first-order chi connectivity index (χ1) is 13.2. The molecule has 154 valence electrons. The molecule has 0 spiro atoms. The first-order valence-electron chi connectivity index (χ1n) is 9.50. The summed E-state index contributed by atoms with van der Waals surface area (Å²) in [4.78, 5) is 11.5. The molecule has 0 atom stereocenters. The van der Waals surface area contributed by atoms with Crippen molar-refractivity contribution in [1.82, 2.24) is 5.32 Å². The zero-order valence-electron chi connectivity index (χ0n) is 16.5. The van der Waals surface area contributed by atoms with Gasteiger partial charge in [0.1, 0.15) is 18.1 Å².